The molecule has 0 spiro atoms. The van der Waals surface area contributed by atoms with E-state index in [9.17, 15) is 0 Å². The van der Waals surface area contributed by atoms with Gasteiger partial charge in [0.25, 0.3) is 0 Å². The minimum absolute atomic E-state index is 1.01. The Bertz CT molecular complexity index is 524. The zero-order valence-corrected chi connectivity index (χ0v) is 10.4. The highest BCUT2D eigenvalue weighted by Gasteiger charge is 2.02. The van der Waals surface area contributed by atoms with Crippen LogP contribution in [-0.4, -0.2) is 18.6 Å². The zero-order chi connectivity index (χ0) is 12.1. The third kappa shape index (κ3) is 2.71. The van der Waals surface area contributed by atoms with E-state index in [-0.39, 0.29) is 0 Å². The van der Waals surface area contributed by atoms with Gasteiger partial charge in [0.15, 0.2) is 0 Å². The predicted molar refractivity (Wildman–Crippen MR) is 73.9 cm³/mol. The van der Waals surface area contributed by atoms with E-state index in [0.29, 0.717) is 0 Å². The zero-order valence-electron chi connectivity index (χ0n) is 10.4. The summed E-state index contributed by atoms with van der Waals surface area (Å²) in [5.41, 5.74) is 3.62. The van der Waals surface area contributed by atoms with Crippen LogP contribution in [-0.2, 0) is 0 Å². The molecule has 2 aromatic rings. The summed E-state index contributed by atoms with van der Waals surface area (Å²) in [5.74, 6) is 0. The molecule has 0 amide bonds. The molecule has 0 fully saturated rings. The molecule has 2 rings (SSSR count). The topological polar surface area (TPSA) is 24.9 Å². The molecule has 0 saturated heterocycles. The Labute approximate surface area is 102 Å². The third-order valence-electron chi connectivity index (χ3n) is 2.90. The molecule has 1 aromatic heterocycles. The Kier molecular flexibility index (Phi) is 3.89. The summed E-state index contributed by atoms with van der Waals surface area (Å²) >= 11 is 0. The maximum atomic E-state index is 4.47. The molecule has 0 aliphatic heterocycles. The van der Waals surface area contributed by atoms with Gasteiger partial charge in [-0.3, -0.25) is 4.98 Å². The van der Waals surface area contributed by atoms with Gasteiger partial charge in [0, 0.05) is 17.1 Å². The van der Waals surface area contributed by atoms with E-state index in [1.54, 1.807) is 0 Å². The van der Waals surface area contributed by atoms with E-state index in [4.69, 9.17) is 0 Å². The van der Waals surface area contributed by atoms with Gasteiger partial charge in [-0.25, -0.2) is 0 Å². The van der Waals surface area contributed by atoms with Crippen molar-refractivity contribution in [3.05, 3.63) is 48.2 Å². The number of fused-ring (bicyclic) bond motifs is 1. The van der Waals surface area contributed by atoms with Gasteiger partial charge in [-0.1, -0.05) is 30.3 Å². The highest BCUT2D eigenvalue weighted by Crippen LogP contribution is 2.22. The van der Waals surface area contributed by atoms with Crippen LogP contribution in [0.3, 0.4) is 0 Å². The van der Waals surface area contributed by atoms with Crippen molar-refractivity contribution in [2.75, 3.05) is 13.6 Å². The van der Waals surface area contributed by atoms with Gasteiger partial charge in [-0.05, 0) is 38.6 Å². The van der Waals surface area contributed by atoms with E-state index in [2.05, 4.69) is 47.6 Å². The SMILES string of the molecule is CNCC/C=C(/C)c1cccc2cccnc12. The minimum atomic E-state index is 1.01. The average molecular weight is 226 g/mol. The first kappa shape index (κ1) is 11.8. The lowest BCUT2D eigenvalue weighted by molar-refractivity contribution is 0.808. The van der Waals surface area contributed by atoms with Crippen molar-refractivity contribution < 1.29 is 0 Å². The van der Waals surface area contributed by atoms with Crippen LogP contribution in [0.25, 0.3) is 16.5 Å². The van der Waals surface area contributed by atoms with Crippen molar-refractivity contribution in [1.29, 1.82) is 0 Å². The summed E-state index contributed by atoms with van der Waals surface area (Å²) < 4.78 is 0. The second-order valence-electron chi connectivity index (χ2n) is 4.16. The number of pyridine rings is 1. The number of hydrogen-bond acceptors (Lipinski definition) is 2. The van der Waals surface area contributed by atoms with Crippen LogP contribution in [0.15, 0.2) is 42.6 Å². The molecule has 0 atom stereocenters. The molecule has 2 heteroatoms. The van der Waals surface area contributed by atoms with Crippen LogP contribution in [0.2, 0.25) is 0 Å². The van der Waals surface area contributed by atoms with Gasteiger partial charge >= 0.3 is 0 Å². The Morgan fingerprint density at radius 3 is 2.94 bits per heavy atom. The summed E-state index contributed by atoms with van der Waals surface area (Å²) in [6.45, 7) is 3.16. The van der Waals surface area contributed by atoms with E-state index in [0.717, 1.165) is 18.5 Å². The normalized spacial score (nSPS) is 12.0. The fourth-order valence-electron chi connectivity index (χ4n) is 1.97. The van der Waals surface area contributed by atoms with Crippen LogP contribution >= 0.6 is 0 Å². The van der Waals surface area contributed by atoms with Crippen LogP contribution in [0, 0.1) is 0 Å². The molecule has 0 radical (unpaired) electrons. The lowest BCUT2D eigenvalue weighted by Gasteiger charge is -2.06. The monoisotopic (exact) mass is 226 g/mol. The second-order valence-corrected chi connectivity index (χ2v) is 4.16. The van der Waals surface area contributed by atoms with E-state index in [1.807, 2.05) is 19.3 Å². The molecule has 2 nitrogen and oxygen atoms in total. The fraction of sp³-hybridized carbons (Fsp3) is 0.267. The Hall–Kier alpha value is -1.67. The number of para-hydroxylation sites is 1. The first-order valence-corrected chi connectivity index (χ1v) is 5.98. The summed E-state index contributed by atoms with van der Waals surface area (Å²) in [6, 6.07) is 10.4. The van der Waals surface area contributed by atoms with E-state index >= 15 is 0 Å². The number of allylic oxidation sites excluding steroid dienone is 1. The summed E-state index contributed by atoms with van der Waals surface area (Å²) in [7, 11) is 1.97. The molecular weight excluding hydrogens is 208 g/mol. The standard InChI is InChI=1S/C15H18N2/c1-12(6-4-10-16-2)14-9-3-7-13-8-5-11-17-15(13)14/h3,5-9,11,16H,4,10H2,1-2H3/b12-6-. The number of benzene rings is 1. The van der Waals surface area contributed by atoms with Crippen molar-refractivity contribution in [2.24, 2.45) is 0 Å². The van der Waals surface area contributed by atoms with Crippen molar-refractivity contribution in [1.82, 2.24) is 10.3 Å². The molecule has 17 heavy (non-hydrogen) atoms. The number of hydrogen-bond donors (Lipinski definition) is 1. The number of aromatic nitrogens is 1. The van der Waals surface area contributed by atoms with Crippen molar-refractivity contribution in [3.8, 4) is 0 Å². The Balaban J connectivity index is 2.38. The highest BCUT2D eigenvalue weighted by atomic mass is 14.8. The third-order valence-corrected chi connectivity index (χ3v) is 2.90. The first-order valence-electron chi connectivity index (χ1n) is 5.98. The lowest BCUT2D eigenvalue weighted by Crippen LogP contribution is -2.06. The molecule has 1 aromatic carbocycles. The first-order chi connectivity index (χ1) is 8.33. The van der Waals surface area contributed by atoms with Crippen molar-refractivity contribution in [2.45, 2.75) is 13.3 Å². The smallest absolute Gasteiger partial charge is 0.0776 e. The fourth-order valence-corrected chi connectivity index (χ4v) is 1.97. The van der Waals surface area contributed by atoms with Gasteiger partial charge in [0.1, 0.15) is 0 Å². The molecular formula is C15H18N2. The van der Waals surface area contributed by atoms with Crippen LogP contribution in [0.4, 0.5) is 0 Å². The lowest BCUT2D eigenvalue weighted by atomic mass is 10.0. The quantitative estimate of drug-likeness (QED) is 0.809. The van der Waals surface area contributed by atoms with Crippen molar-refractivity contribution >= 4 is 16.5 Å². The van der Waals surface area contributed by atoms with Gasteiger partial charge in [-0.15, -0.1) is 0 Å². The largest absolute Gasteiger partial charge is 0.319 e. The van der Waals surface area contributed by atoms with Gasteiger partial charge in [0.05, 0.1) is 5.52 Å². The molecule has 1 heterocycles. The van der Waals surface area contributed by atoms with Crippen LogP contribution < -0.4 is 5.32 Å². The van der Waals surface area contributed by atoms with Gasteiger partial charge in [0.2, 0.25) is 0 Å². The van der Waals surface area contributed by atoms with Gasteiger partial charge in [-0.2, -0.15) is 0 Å². The molecule has 0 bridgehead atoms. The molecule has 1 N–H and O–H groups in total. The van der Waals surface area contributed by atoms with E-state index in [1.165, 1.54) is 16.5 Å². The Morgan fingerprint density at radius 2 is 2.12 bits per heavy atom. The highest BCUT2D eigenvalue weighted by molar-refractivity contribution is 5.90. The maximum Gasteiger partial charge on any atom is 0.0776 e. The summed E-state index contributed by atoms with van der Waals surface area (Å²) in [4.78, 5) is 4.47. The van der Waals surface area contributed by atoms with Crippen LogP contribution in [0.5, 0.6) is 0 Å². The minimum Gasteiger partial charge on any atom is -0.319 e. The van der Waals surface area contributed by atoms with Gasteiger partial charge < -0.3 is 5.32 Å². The second kappa shape index (κ2) is 5.60. The number of rotatable bonds is 4. The molecule has 0 unspecified atom stereocenters. The van der Waals surface area contributed by atoms with Crippen LogP contribution in [0.1, 0.15) is 18.9 Å². The Morgan fingerprint density at radius 1 is 1.29 bits per heavy atom. The maximum absolute atomic E-state index is 4.47. The average Bonchev–Trinajstić information content (AvgIpc) is 2.38. The molecule has 88 valence electrons. The van der Waals surface area contributed by atoms with Crippen molar-refractivity contribution in [3.63, 3.8) is 0 Å². The molecule has 0 saturated carbocycles. The summed E-state index contributed by atoms with van der Waals surface area (Å²) in [5, 5.41) is 4.35. The molecule has 0 aliphatic carbocycles. The number of nitrogens with one attached hydrogen (secondary N) is 1. The van der Waals surface area contributed by atoms with E-state index < -0.39 is 0 Å². The molecule has 0 aliphatic rings. The predicted octanol–water partition coefficient (Wildman–Crippen LogP) is 3.25. The summed E-state index contributed by atoms with van der Waals surface area (Å²) in [6.07, 6.45) is 5.16. The number of nitrogens with zero attached hydrogens (tertiary/aromatic N) is 1.